The Kier molecular flexibility index (Phi) is 2.23. The van der Waals surface area contributed by atoms with Crippen molar-refractivity contribution in [3.05, 3.63) is 0 Å². The molecule has 15 heavy (non-hydrogen) atoms. The van der Waals surface area contributed by atoms with Gasteiger partial charge in [0.1, 0.15) is 0 Å². The standard InChI is InChI=1S/C12H20N2O/c15-11-12(4-1-6-13-9-12)5-7-14(11)8-10-2-3-10/h10,13H,1-9H2/t12-/m0/s1. The van der Waals surface area contributed by atoms with Crippen molar-refractivity contribution in [2.45, 2.75) is 32.1 Å². The van der Waals surface area contributed by atoms with Crippen LogP contribution in [0.1, 0.15) is 32.1 Å². The summed E-state index contributed by atoms with van der Waals surface area (Å²) >= 11 is 0. The molecular weight excluding hydrogens is 188 g/mol. The summed E-state index contributed by atoms with van der Waals surface area (Å²) in [5.41, 5.74) is -0.00681. The van der Waals surface area contributed by atoms with Crippen LogP contribution >= 0.6 is 0 Å². The second-order valence-corrected chi connectivity index (χ2v) is 5.51. The molecule has 2 saturated heterocycles. The number of rotatable bonds is 2. The minimum Gasteiger partial charge on any atom is -0.342 e. The predicted molar refractivity (Wildman–Crippen MR) is 58.5 cm³/mol. The fourth-order valence-corrected chi connectivity index (χ4v) is 3.04. The van der Waals surface area contributed by atoms with Gasteiger partial charge in [0.25, 0.3) is 0 Å². The number of nitrogens with zero attached hydrogens (tertiary/aromatic N) is 1. The number of carbonyl (C=O) groups excluding carboxylic acids is 1. The number of likely N-dealkylation sites (tertiary alicyclic amines) is 1. The lowest BCUT2D eigenvalue weighted by Gasteiger charge is -2.32. The van der Waals surface area contributed by atoms with E-state index >= 15 is 0 Å². The number of nitrogens with one attached hydrogen (secondary N) is 1. The van der Waals surface area contributed by atoms with E-state index in [2.05, 4.69) is 10.2 Å². The Bertz CT molecular complexity index is 267. The number of piperidine rings is 1. The highest BCUT2D eigenvalue weighted by atomic mass is 16.2. The second kappa shape index (κ2) is 3.48. The van der Waals surface area contributed by atoms with Crippen LogP contribution in [0.5, 0.6) is 0 Å². The monoisotopic (exact) mass is 208 g/mol. The highest BCUT2D eigenvalue weighted by Crippen LogP contribution is 2.40. The lowest BCUT2D eigenvalue weighted by molar-refractivity contribution is -0.137. The number of amides is 1. The minimum absolute atomic E-state index is 0.00681. The van der Waals surface area contributed by atoms with Gasteiger partial charge in [-0.25, -0.2) is 0 Å². The van der Waals surface area contributed by atoms with Gasteiger partial charge in [0.15, 0.2) is 0 Å². The fraction of sp³-hybridized carbons (Fsp3) is 0.917. The molecule has 0 aromatic heterocycles. The molecule has 1 spiro atoms. The van der Waals surface area contributed by atoms with Gasteiger partial charge in [-0.2, -0.15) is 0 Å². The molecule has 1 aliphatic carbocycles. The van der Waals surface area contributed by atoms with Crippen LogP contribution in [0.2, 0.25) is 0 Å². The van der Waals surface area contributed by atoms with Crippen molar-refractivity contribution < 1.29 is 4.79 Å². The first kappa shape index (κ1) is 9.64. The quantitative estimate of drug-likeness (QED) is 0.734. The first-order chi connectivity index (χ1) is 7.30. The van der Waals surface area contributed by atoms with Crippen LogP contribution in [0, 0.1) is 11.3 Å². The van der Waals surface area contributed by atoms with Crippen molar-refractivity contribution in [2.75, 3.05) is 26.2 Å². The van der Waals surface area contributed by atoms with Crippen LogP contribution in [0.4, 0.5) is 0 Å². The van der Waals surface area contributed by atoms with Gasteiger partial charge in [0, 0.05) is 19.6 Å². The van der Waals surface area contributed by atoms with Crippen LogP contribution < -0.4 is 5.32 Å². The van der Waals surface area contributed by atoms with Gasteiger partial charge in [-0.05, 0) is 44.6 Å². The molecular formula is C12H20N2O. The molecule has 0 aromatic carbocycles. The zero-order valence-electron chi connectivity index (χ0n) is 9.30. The van der Waals surface area contributed by atoms with E-state index in [1.165, 1.54) is 19.3 Å². The van der Waals surface area contributed by atoms with Crippen molar-refractivity contribution in [3.8, 4) is 0 Å². The molecule has 3 fully saturated rings. The third-order valence-corrected chi connectivity index (χ3v) is 4.25. The summed E-state index contributed by atoms with van der Waals surface area (Å²) in [6.07, 6.45) is 6.05. The maximum Gasteiger partial charge on any atom is 0.230 e. The van der Waals surface area contributed by atoms with Gasteiger partial charge in [-0.15, -0.1) is 0 Å². The maximum atomic E-state index is 12.3. The lowest BCUT2D eigenvalue weighted by atomic mass is 9.79. The molecule has 1 N–H and O–H groups in total. The summed E-state index contributed by atoms with van der Waals surface area (Å²) < 4.78 is 0. The van der Waals surface area contributed by atoms with Gasteiger partial charge >= 0.3 is 0 Å². The Morgan fingerprint density at radius 2 is 2.27 bits per heavy atom. The van der Waals surface area contributed by atoms with E-state index < -0.39 is 0 Å². The topological polar surface area (TPSA) is 32.3 Å². The van der Waals surface area contributed by atoms with E-state index in [1.54, 1.807) is 0 Å². The minimum atomic E-state index is -0.00681. The first-order valence-corrected chi connectivity index (χ1v) is 6.30. The Morgan fingerprint density at radius 3 is 2.93 bits per heavy atom. The van der Waals surface area contributed by atoms with Crippen molar-refractivity contribution in [3.63, 3.8) is 0 Å². The van der Waals surface area contributed by atoms with E-state index in [-0.39, 0.29) is 5.41 Å². The van der Waals surface area contributed by atoms with E-state index in [9.17, 15) is 4.79 Å². The molecule has 3 nitrogen and oxygen atoms in total. The molecule has 1 atom stereocenters. The SMILES string of the molecule is O=C1N(CC2CC2)CC[C@]12CCCNC2. The van der Waals surface area contributed by atoms with Crippen LogP contribution in [0.15, 0.2) is 0 Å². The highest BCUT2D eigenvalue weighted by Gasteiger charge is 2.47. The van der Waals surface area contributed by atoms with Crippen molar-refractivity contribution in [2.24, 2.45) is 11.3 Å². The number of hydrogen-bond donors (Lipinski definition) is 1. The molecule has 1 saturated carbocycles. The van der Waals surface area contributed by atoms with Crippen LogP contribution in [0.25, 0.3) is 0 Å². The summed E-state index contributed by atoms with van der Waals surface area (Å²) in [5.74, 6) is 1.28. The Labute approximate surface area is 91.2 Å². The molecule has 0 radical (unpaired) electrons. The Balaban J connectivity index is 1.68. The second-order valence-electron chi connectivity index (χ2n) is 5.51. The molecule has 1 amide bonds. The Morgan fingerprint density at radius 1 is 1.40 bits per heavy atom. The summed E-state index contributed by atoms with van der Waals surface area (Å²) in [6.45, 7) is 4.07. The first-order valence-electron chi connectivity index (χ1n) is 6.30. The van der Waals surface area contributed by atoms with Gasteiger partial charge in [-0.1, -0.05) is 0 Å². The Hall–Kier alpha value is -0.570. The van der Waals surface area contributed by atoms with E-state index in [0.29, 0.717) is 5.91 Å². The fourth-order valence-electron chi connectivity index (χ4n) is 3.04. The van der Waals surface area contributed by atoms with Crippen molar-refractivity contribution in [1.29, 1.82) is 0 Å². The average molecular weight is 208 g/mol. The molecule has 0 bridgehead atoms. The van der Waals surface area contributed by atoms with Gasteiger partial charge in [0.2, 0.25) is 5.91 Å². The zero-order chi connectivity index (χ0) is 10.3. The van der Waals surface area contributed by atoms with Crippen molar-refractivity contribution >= 4 is 5.91 Å². The maximum absolute atomic E-state index is 12.3. The van der Waals surface area contributed by atoms with Gasteiger partial charge in [-0.3, -0.25) is 4.79 Å². The molecule has 3 rings (SSSR count). The smallest absolute Gasteiger partial charge is 0.230 e. The van der Waals surface area contributed by atoms with Gasteiger partial charge < -0.3 is 10.2 Å². The molecule has 0 unspecified atom stereocenters. The van der Waals surface area contributed by atoms with E-state index in [0.717, 1.165) is 44.9 Å². The largest absolute Gasteiger partial charge is 0.342 e. The number of carbonyl (C=O) groups is 1. The molecule has 3 aliphatic rings. The van der Waals surface area contributed by atoms with Crippen LogP contribution in [-0.4, -0.2) is 37.0 Å². The highest BCUT2D eigenvalue weighted by molar-refractivity contribution is 5.85. The van der Waals surface area contributed by atoms with Gasteiger partial charge in [0.05, 0.1) is 5.41 Å². The summed E-state index contributed by atoms with van der Waals surface area (Å²) in [4.78, 5) is 14.5. The molecule has 0 aromatic rings. The zero-order valence-corrected chi connectivity index (χ0v) is 9.30. The third kappa shape index (κ3) is 1.67. The summed E-state index contributed by atoms with van der Waals surface area (Å²) in [6, 6.07) is 0. The van der Waals surface area contributed by atoms with Crippen LogP contribution in [-0.2, 0) is 4.79 Å². The summed E-state index contributed by atoms with van der Waals surface area (Å²) in [5, 5.41) is 3.39. The summed E-state index contributed by atoms with van der Waals surface area (Å²) in [7, 11) is 0. The van der Waals surface area contributed by atoms with E-state index in [4.69, 9.17) is 0 Å². The molecule has 2 heterocycles. The normalized spacial score (nSPS) is 36.5. The van der Waals surface area contributed by atoms with Crippen molar-refractivity contribution in [1.82, 2.24) is 10.2 Å². The molecule has 2 aliphatic heterocycles. The molecule has 3 heteroatoms. The number of hydrogen-bond acceptors (Lipinski definition) is 2. The lowest BCUT2D eigenvalue weighted by Crippen LogP contribution is -2.45. The third-order valence-electron chi connectivity index (χ3n) is 4.25. The molecule has 84 valence electrons. The predicted octanol–water partition coefficient (Wildman–Crippen LogP) is 0.998. The van der Waals surface area contributed by atoms with Crippen LogP contribution in [0.3, 0.4) is 0 Å². The average Bonchev–Trinajstić information content (AvgIpc) is 3.03. The van der Waals surface area contributed by atoms with E-state index in [1.807, 2.05) is 0 Å².